The van der Waals surface area contributed by atoms with Crippen molar-refractivity contribution >= 4 is 22.4 Å². The van der Waals surface area contributed by atoms with Gasteiger partial charge in [-0.2, -0.15) is 0 Å². The van der Waals surface area contributed by atoms with E-state index >= 15 is 0 Å². The van der Waals surface area contributed by atoms with Crippen LogP contribution in [-0.2, 0) is 11.3 Å². The van der Waals surface area contributed by atoms with E-state index < -0.39 is 0 Å². The van der Waals surface area contributed by atoms with E-state index in [0.717, 1.165) is 57.3 Å². The fourth-order valence-corrected chi connectivity index (χ4v) is 3.54. The Bertz CT molecular complexity index is 669. The van der Waals surface area contributed by atoms with E-state index in [2.05, 4.69) is 20.1 Å². The van der Waals surface area contributed by atoms with Crippen molar-refractivity contribution in [3.05, 3.63) is 41.4 Å². The zero-order valence-electron chi connectivity index (χ0n) is 14.5. The van der Waals surface area contributed by atoms with Crippen LogP contribution in [-0.4, -0.2) is 60.0 Å². The summed E-state index contributed by atoms with van der Waals surface area (Å²) >= 11 is 1.48. The first kappa shape index (κ1) is 17.8. The second kappa shape index (κ2) is 8.94. The predicted octanol–water partition coefficient (Wildman–Crippen LogP) is 2.30. The van der Waals surface area contributed by atoms with Crippen LogP contribution in [0.15, 0.2) is 35.7 Å². The summed E-state index contributed by atoms with van der Waals surface area (Å²) in [5.41, 5.74) is 1.02. The molecule has 1 saturated heterocycles. The van der Waals surface area contributed by atoms with E-state index in [-0.39, 0.29) is 5.91 Å². The van der Waals surface area contributed by atoms with Gasteiger partial charge in [-0.05, 0) is 12.1 Å². The van der Waals surface area contributed by atoms with E-state index in [1.807, 2.05) is 35.7 Å². The molecule has 6 nitrogen and oxygen atoms in total. The molecule has 1 N–H and O–H groups in total. The lowest BCUT2D eigenvalue weighted by molar-refractivity contribution is -0.114. The number of rotatable bonds is 7. The van der Waals surface area contributed by atoms with Crippen molar-refractivity contribution in [1.82, 2.24) is 14.8 Å². The van der Waals surface area contributed by atoms with Gasteiger partial charge >= 0.3 is 0 Å². The molecule has 3 rings (SSSR count). The lowest BCUT2D eigenvalue weighted by atomic mass is 10.3. The number of ether oxygens (including phenoxy) is 1. The third-order valence-electron chi connectivity index (χ3n) is 4.10. The SMILES string of the molecule is CC(=O)Nc1nc(CN2CCN(CCOc3ccccc3)CC2)cs1. The molecule has 0 aliphatic carbocycles. The minimum absolute atomic E-state index is 0.0766. The minimum atomic E-state index is -0.0766. The number of para-hydroxylation sites is 1. The first-order valence-corrected chi connectivity index (χ1v) is 9.41. The van der Waals surface area contributed by atoms with Crippen LogP contribution in [0.3, 0.4) is 0 Å². The molecule has 1 aliphatic heterocycles. The number of nitrogens with zero attached hydrogens (tertiary/aromatic N) is 3. The summed E-state index contributed by atoms with van der Waals surface area (Å²) in [5.74, 6) is 0.854. The van der Waals surface area contributed by atoms with E-state index in [4.69, 9.17) is 4.74 Å². The molecule has 1 aliphatic rings. The monoisotopic (exact) mass is 360 g/mol. The number of thiazole rings is 1. The van der Waals surface area contributed by atoms with Crippen molar-refractivity contribution in [3.63, 3.8) is 0 Å². The Morgan fingerprint density at radius 1 is 1.20 bits per heavy atom. The molecule has 0 saturated carbocycles. The summed E-state index contributed by atoms with van der Waals surface area (Å²) in [6.45, 7) is 8.15. The highest BCUT2D eigenvalue weighted by atomic mass is 32.1. The summed E-state index contributed by atoms with van der Waals surface area (Å²) < 4.78 is 5.77. The Labute approximate surface area is 152 Å². The van der Waals surface area contributed by atoms with Crippen molar-refractivity contribution in [2.75, 3.05) is 44.6 Å². The van der Waals surface area contributed by atoms with Gasteiger partial charge in [0, 0.05) is 51.6 Å². The van der Waals surface area contributed by atoms with Gasteiger partial charge in [0.1, 0.15) is 12.4 Å². The van der Waals surface area contributed by atoms with Crippen molar-refractivity contribution in [2.24, 2.45) is 0 Å². The number of aromatic nitrogens is 1. The average Bonchev–Trinajstić information content (AvgIpc) is 3.03. The Morgan fingerprint density at radius 3 is 2.64 bits per heavy atom. The quantitative estimate of drug-likeness (QED) is 0.821. The van der Waals surface area contributed by atoms with Crippen molar-refractivity contribution < 1.29 is 9.53 Å². The van der Waals surface area contributed by atoms with Gasteiger partial charge in [0.15, 0.2) is 5.13 Å². The number of benzene rings is 1. The number of carbonyl (C=O) groups excluding carboxylic acids is 1. The van der Waals surface area contributed by atoms with E-state index in [0.29, 0.717) is 5.13 Å². The van der Waals surface area contributed by atoms with Crippen LogP contribution >= 0.6 is 11.3 Å². The Hall–Kier alpha value is -1.96. The molecule has 0 radical (unpaired) electrons. The number of carbonyl (C=O) groups is 1. The molecule has 2 heterocycles. The molecule has 1 amide bonds. The van der Waals surface area contributed by atoms with Crippen molar-refractivity contribution in [1.29, 1.82) is 0 Å². The molecule has 7 heteroatoms. The summed E-state index contributed by atoms with van der Waals surface area (Å²) in [7, 11) is 0. The highest BCUT2D eigenvalue weighted by molar-refractivity contribution is 7.13. The molecule has 134 valence electrons. The second-order valence-corrected chi connectivity index (χ2v) is 6.96. The van der Waals surface area contributed by atoms with Crippen molar-refractivity contribution in [2.45, 2.75) is 13.5 Å². The number of amides is 1. The van der Waals surface area contributed by atoms with Gasteiger partial charge in [-0.1, -0.05) is 18.2 Å². The largest absolute Gasteiger partial charge is 0.492 e. The van der Waals surface area contributed by atoms with E-state index in [1.54, 1.807) is 0 Å². The molecule has 0 bridgehead atoms. The third kappa shape index (κ3) is 5.81. The van der Waals surface area contributed by atoms with Gasteiger partial charge in [-0.3, -0.25) is 14.6 Å². The molecule has 1 aromatic carbocycles. The smallest absolute Gasteiger partial charge is 0.223 e. The van der Waals surface area contributed by atoms with Crippen LogP contribution < -0.4 is 10.1 Å². The zero-order valence-corrected chi connectivity index (χ0v) is 15.3. The van der Waals surface area contributed by atoms with Crippen LogP contribution in [0, 0.1) is 0 Å². The second-order valence-electron chi connectivity index (χ2n) is 6.10. The number of hydrogen-bond acceptors (Lipinski definition) is 6. The number of nitrogens with one attached hydrogen (secondary N) is 1. The standard InChI is InChI=1S/C18H24N4O2S/c1-15(23)19-18-20-16(14-25-18)13-22-9-7-21(8-10-22)11-12-24-17-5-3-2-4-6-17/h2-6,14H,7-13H2,1H3,(H,19,20,23). The Kier molecular flexibility index (Phi) is 6.38. The van der Waals surface area contributed by atoms with Gasteiger partial charge < -0.3 is 10.1 Å². The summed E-state index contributed by atoms with van der Waals surface area (Å²) in [5, 5.41) is 5.43. The Balaban J connectivity index is 1.35. The zero-order chi connectivity index (χ0) is 17.5. The lowest BCUT2D eigenvalue weighted by Gasteiger charge is -2.34. The van der Waals surface area contributed by atoms with Gasteiger partial charge in [-0.25, -0.2) is 4.98 Å². The maximum absolute atomic E-state index is 11.1. The van der Waals surface area contributed by atoms with Crippen LogP contribution in [0.2, 0.25) is 0 Å². The first-order chi connectivity index (χ1) is 12.2. The summed E-state index contributed by atoms with van der Waals surface area (Å²) in [6.07, 6.45) is 0. The number of hydrogen-bond donors (Lipinski definition) is 1. The average molecular weight is 360 g/mol. The predicted molar refractivity (Wildman–Crippen MR) is 100 cm³/mol. The van der Waals surface area contributed by atoms with Crippen molar-refractivity contribution in [3.8, 4) is 5.75 Å². The highest BCUT2D eigenvalue weighted by Gasteiger charge is 2.17. The topological polar surface area (TPSA) is 57.7 Å². The lowest BCUT2D eigenvalue weighted by Crippen LogP contribution is -2.47. The molecule has 25 heavy (non-hydrogen) atoms. The molecule has 0 atom stereocenters. The van der Waals surface area contributed by atoms with Gasteiger partial charge in [-0.15, -0.1) is 11.3 Å². The summed E-state index contributed by atoms with van der Waals surface area (Å²) in [6, 6.07) is 9.95. The molecule has 1 aromatic heterocycles. The molecule has 1 fully saturated rings. The molecule has 2 aromatic rings. The Morgan fingerprint density at radius 2 is 1.92 bits per heavy atom. The van der Waals surface area contributed by atoms with Crippen LogP contribution in [0.4, 0.5) is 5.13 Å². The fraction of sp³-hybridized carbons (Fsp3) is 0.444. The third-order valence-corrected chi connectivity index (χ3v) is 4.91. The fourth-order valence-electron chi connectivity index (χ4n) is 2.80. The maximum Gasteiger partial charge on any atom is 0.223 e. The number of anilines is 1. The molecule has 0 unspecified atom stereocenters. The number of piperazine rings is 1. The van der Waals surface area contributed by atoms with Crippen LogP contribution in [0.25, 0.3) is 0 Å². The van der Waals surface area contributed by atoms with Gasteiger partial charge in [0.05, 0.1) is 5.69 Å². The first-order valence-electron chi connectivity index (χ1n) is 8.53. The molecular weight excluding hydrogens is 336 g/mol. The molecule has 0 spiro atoms. The van der Waals surface area contributed by atoms with E-state index in [9.17, 15) is 4.79 Å². The normalized spacial score (nSPS) is 15.9. The van der Waals surface area contributed by atoms with Crippen LogP contribution in [0.5, 0.6) is 5.75 Å². The van der Waals surface area contributed by atoms with Gasteiger partial charge in [0.25, 0.3) is 0 Å². The van der Waals surface area contributed by atoms with Crippen LogP contribution in [0.1, 0.15) is 12.6 Å². The summed E-state index contributed by atoms with van der Waals surface area (Å²) in [4.78, 5) is 20.4. The van der Waals surface area contributed by atoms with E-state index in [1.165, 1.54) is 18.3 Å². The highest BCUT2D eigenvalue weighted by Crippen LogP contribution is 2.17. The minimum Gasteiger partial charge on any atom is -0.492 e. The maximum atomic E-state index is 11.1. The molecular formula is C18H24N4O2S. The van der Waals surface area contributed by atoms with Gasteiger partial charge in [0.2, 0.25) is 5.91 Å².